The number of hydrogen-bond acceptors (Lipinski definition) is 4. The molecule has 0 fully saturated rings. The quantitative estimate of drug-likeness (QED) is 0.438. The van der Waals surface area contributed by atoms with E-state index in [2.05, 4.69) is 0 Å². The van der Waals surface area contributed by atoms with Gasteiger partial charge in [0.05, 0.1) is 10.5 Å². The summed E-state index contributed by atoms with van der Waals surface area (Å²) >= 11 is 0. The molecule has 6 heteroatoms. The lowest BCUT2D eigenvalue weighted by Crippen LogP contribution is -2.06. The molecule has 0 aliphatic rings. The first-order valence-corrected chi connectivity index (χ1v) is 4.94. The number of benzene rings is 1. The van der Waals surface area contributed by atoms with Gasteiger partial charge >= 0.3 is 0 Å². The van der Waals surface area contributed by atoms with E-state index in [4.69, 9.17) is 4.74 Å². The van der Waals surface area contributed by atoms with E-state index in [1.807, 2.05) is 6.92 Å². The standard InChI is InChI=1S/C10H12BNO4/c1-2-7-4-3-5-9(12(14)15)8(7)6-16-10(11)13/h3-5H,2,6,11H2,1H3. The Kier molecular flexibility index (Phi) is 4.05. The van der Waals surface area contributed by atoms with E-state index < -0.39 is 10.8 Å². The molecule has 0 N–H and O–H groups in total. The minimum atomic E-state index is -0.460. The third kappa shape index (κ3) is 2.82. The fraction of sp³-hybridized carbons (Fsp3) is 0.300. The molecule has 1 aromatic carbocycles. The summed E-state index contributed by atoms with van der Waals surface area (Å²) in [7, 11) is 1.28. The second kappa shape index (κ2) is 5.30. The average molecular weight is 221 g/mol. The Labute approximate surface area is 94.0 Å². The molecule has 0 spiro atoms. The van der Waals surface area contributed by atoms with Gasteiger partial charge in [-0.15, -0.1) is 0 Å². The fourth-order valence-electron chi connectivity index (χ4n) is 1.46. The maximum Gasteiger partial charge on any atom is 0.276 e. The number of nitro groups is 1. The number of nitro benzene ring substituents is 1. The zero-order chi connectivity index (χ0) is 12.1. The molecule has 0 unspecified atom stereocenters. The lowest BCUT2D eigenvalue weighted by Gasteiger charge is -2.08. The molecule has 0 saturated carbocycles. The van der Waals surface area contributed by atoms with Gasteiger partial charge in [-0.3, -0.25) is 14.9 Å². The van der Waals surface area contributed by atoms with E-state index in [-0.39, 0.29) is 12.3 Å². The molecule has 1 aromatic rings. The van der Waals surface area contributed by atoms with E-state index in [1.54, 1.807) is 12.1 Å². The number of nitrogens with zero attached hydrogens (tertiary/aromatic N) is 1. The van der Waals surface area contributed by atoms with Gasteiger partial charge < -0.3 is 4.74 Å². The zero-order valence-corrected chi connectivity index (χ0v) is 9.23. The highest BCUT2D eigenvalue weighted by Gasteiger charge is 2.17. The molecule has 0 heterocycles. The number of carbonyl (C=O) groups excluding carboxylic acids is 1. The molecule has 84 valence electrons. The van der Waals surface area contributed by atoms with Gasteiger partial charge in [0.25, 0.3) is 5.69 Å². The molecule has 0 aliphatic carbocycles. The van der Waals surface area contributed by atoms with Crippen LogP contribution in [0.4, 0.5) is 10.5 Å². The Morgan fingerprint density at radius 3 is 2.75 bits per heavy atom. The Bertz CT molecular complexity index is 419. The minimum Gasteiger partial charge on any atom is -0.469 e. The minimum absolute atomic E-state index is 0.000556. The van der Waals surface area contributed by atoms with Crippen LogP contribution in [0.2, 0.25) is 0 Å². The smallest absolute Gasteiger partial charge is 0.276 e. The van der Waals surface area contributed by atoms with Crippen molar-refractivity contribution in [2.75, 3.05) is 0 Å². The highest BCUT2D eigenvalue weighted by atomic mass is 16.6. The van der Waals surface area contributed by atoms with Crippen LogP contribution in [-0.4, -0.2) is 18.6 Å². The van der Waals surface area contributed by atoms with Crippen LogP contribution in [0.15, 0.2) is 18.2 Å². The summed E-state index contributed by atoms with van der Waals surface area (Å²) < 4.78 is 4.82. The predicted molar refractivity (Wildman–Crippen MR) is 61.2 cm³/mol. The maximum absolute atomic E-state index is 10.8. The molecule has 0 atom stereocenters. The zero-order valence-electron chi connectivity index (χ0n) is 9.23. The molecule has 0 saturated heterocycles. The van der Waals surface area contributed by atoms with Gasteiger partial charge in [0, 0.05) is 6.07 Å². The number of hydrogen-bond donors (Lipinski definition) is 0. The van der Waals surface area contributed by atoms with Crippen LogP contribution in [0.5, 0.6) is 0 Å². The van der Waals surface area contributed by atoms with Crippen molar-refractivity contribution in [3.63, 3.8) is 0 Å². The highest BCUT2D eigenvalue weighted by Crippen LogP contribution is 2.23. The van der Waals surface area contributed by atoms with Gasteiger partial charge in [0.2, 0.25) is 13.7 Å². The van der Waals surface area contributed by atoms with Crippen molar-refractivity contribution in [1.82, 2.24) is 0 Å². The maximum atomic E-state index is 10.8. The molecular formula is C10H12BNO4. The second-order valence-electron chi connectivity index (χ2n) is 3.31. The molecule has 1 rings (SSSR count). The van der Waals surface area contributed by atoms with E-state index in [1.165, 1.54) is 13.9 Å². The molecule has 0 bridgehead atoms. The van der Waals surface area contributed by atoms with Crippen molar-refractivity contribution in [3.05, 3.63) is 39.4 Å². The number of aryl methyl sites for hydroxylation is 1. The Balaban J connectivity index is 3.09. The van der Waals surface area contributed by atoms with Crippen LogP contribution < -0.4 is 0 Å². The van der Waals surface area contributed by atoms with Crippen molar-refractivity contribution < 1.29 is 14.5 Å². The van der Waals surface area contributed by atoms with Crippen molar-refractivity contribution >= 4 is 19.4 Å². The van der Waals surface area contributed by atoms with Crippen LogP contribution in [0.3, 0.4) is 0 Å². The summed E-state index contributed by atoms with van der Waals surface area (Å²) in [5, 5.41) is 10.8. The molecule has 0 aliphatic heterocycles. The summed E-state index contributed by atoms with van der Waals surface area (Å²) in [5.41, 5.74) is 1.31. The highest BCUT2D eigenvalue weighted by molar-refractivity contribution is 6.55. The molecule has 0 amide bonds. The van der Waals surface area contributed by atoms with Gasteiger partial charge in [0.1, 0.15) is 6.61 Å². The normalized spacial score (nSPS) is 9.81. The van der Waals surface area contributed by atoms with Crippen molar-refractivity contribution in [3.8, 4) is 0 Å². The largest absolute Gasteiger partial charge is 0.469 e. The molecule has 0 aromatic heterocycles. The number of rotatable bonds is 4. The topological polar surface area (TPSA) is 69.4 Å². The van der Waals surface area contributed by atoms with Gasteiger partial charge in [-0.2, -0.15) is 0 Å². The summed E-state index contributed by atoms with van der Waals surface area (Å²) in [6, 6.07) is 4.85. The summed E-state index contributed by atoms with van der Waals surface area (Å²) in [6.07, 6.45) is 0.665. The van der Waals surface area contributed by atoms with Crippen molar-refractivity contribution in [2.45, 2.75) is 20.0 Å². The second-order valence-corrected chi connectivity index (χ2v) is 3.31. The average Bonchev–Trinajstić information content (AvgIpc) is 2.25. The fourth-order valence-corrected chi connectivity index (χ4v) is 1.46. The van der Waals surface area contributed by atoms with Gasteiger partial charge in [0.15, 0.2) is 0 Å². The summed E-state index contributed by atoms with van der Waals surface area (Å²) in [6.45, 7) is 1.85. The SMILES string of the molecule is BC(=O)OCc1c(CC)cccc1[N+](=O)[O-]. The molecular weight excluding hydrogens is 209 g/mol. The summed E-state index contributed by atoms with van der Waals surface area (Å²) in [4.78, 5) is 21.0. The van der Waals surface area contributed by atoms with Crippen LogP contribution >= 0.6 is 0 Å². The Hall–Kier alpha value is -1.85. The van der Waals surface area contributed by atoms with Gasteiger partial charge in [-0.05, 0) is 12.0 Å². The number of ether oxygens (including phenoxy) is 1. The summed E-state index contributed by atoms with van der Waals surface area (Å²) in [5.74, 6) is -0.444. The van der Waals surface area contributed by atoms with Crippen molar-refractivity contribution in [2.24, 2.45) is 0 Å². The van der Waals surface area contributed by atoms with Crippen molar-refractivity contribution in [1.29, 1.82) is 0 Å². The third-order valence-corrected chi connectivity index (χ3v) is 2.25. The monoisotopic (exact) mass is 221 g/mol. The van der Waals surface area contributed by atoms with Gasteiger partial charge in [-0.25, -0.2) is 0 Å². The van der Waals surface area contributed by atoms with Gasteiger partial charge in [-0.1, -0.05) is 19.1 Å². The first-order valence-electron chi connectivity index (χ1n) is 4.94. The van der Waals surface area contributed by atoms with Crippen LogP contribution in [0, 0.1) is 10.1 Å². The van der Waals surface area contributed by atoms with E-state index in [9.17, 15) is 14.9 Å². The first-order chi connectivity index (χ1) is 7.56. The first kappa shape index (κ1) is 12.2. The van der Waals surface area contributed by atoms with E-state index in [0.29, 0.717) is 12.0 Å². The third-order valence-electron chi connectivity index (χ3n) is 2.25. The van der Waals surface area contributed by atoms with E-state index in [0.717, 1.165) is 5.56 Å². The molecule has 0 radical (unpaired) electrons. The van der Waals surface area contributed by atoms with Crippen LogP contribution in [0.1, 0.15) is 18.1 Å². The molecule has 16 heavy (non-hydrogen) atoms. The molecule has 5 nitrogen and oxygen atoms in total. The van der Waals surface area contributed by atoms with Crippen LogP contribution in [-0.2, 0) is 17.8 Å². The number of carbonyl (C=O) groups is 1. The Morgan fingerprint density at radius 1 is 1.56 bits per heavy atom. The predicted octanol–water partition coefficient (Wildman–Crippen LogP) is 1.43. The lowest BCUT2D eigenvalue weighted by molar-refractivity contribution is -0.385. The Morgan fingerprint density at radius 2 is 2.25 bits per heavy atom. The van der Waals surface area contributed by atoms with Crippen LogP contribution in [0.25, 0.3) is 0 Å². The van der Waals surface area contributed by atoms with E-state index >= 15 is 0 Å². The lowest BCUT2D eigenvalue weighted by atomic mass is 10.0.